The van der Waals surface area contributed by atoms with Gasteiger partial charge in [0.15, 0.2) is 0 Å². The van der Waals surface area contributed by atoms with Gasteiger partial charge in [0, 0.05) is 47.7 Å². The molecular weight excluding hydrogens is 400 g/mol. The summed E-state index contributed by atoms with van der Waals surface area (Å²) in [6, 6.07) is 12.5. The van der Waals surface area contributed by atoms with E-state index in [0.717, 1.165) is 39.6 Å². The molecule has 0 spiro atoms. The molecule has 0 bridgehead atoms. The summed E-state index contributed by atoms with van der Waals surface area (Å²) in [6.07, 6.45) is 8.22. The Balaban J connectivity index is 1.84. The molecule has 1 saturated heterocycles. The molecule has 0 amide bonds. The van der Waals surface area contributed by atoms with E-state index in [1.165, 1.54) is 12.3 Å². The van der Waals surface area contributed by atoms with E-state index >= 15 is 0 Å². The number of aromatic nitrogens is 3. The zero-order valence-corrected chi connectivity index (χ0v) is 17.8. The number of allylic oxidation sites excluding steroid dienone is 1. The third kappa shape index (κ3) is 3.46. The Morgan fingerprint density at radius 1 is 1.19 bits per heavy atom. The van der Waals surface area contributed by atoms with Gasteiger partial charge in [0.25, 0.3) is 0 Å². The average Bonchev–Trinajstić information content (AvgIpc) is 2.83. The molecule has 1 atom stereocenters. The number of hydrogen-bond donors (Lipinski definition) is 2. The number of morpholine rings is 1. The van der Waals surface area contributed by atoms with Gasteiger partial charge in [0.1, 0.15) is 17.0 Å². The highest BCUT2D eigenvalue weighted by Gasteiger charge is 2.23. The smallest absolute Gasteiger partial charge is 0.130 e. The predicted octanol–water partition coefficient (Wildman–Crippen LogP) is 4.02. The van der Waals surface area contributed by atoms with Crippen LogP contribution in [-0.2, 0) is 4.74 Å². The summed E-state index contributed by atoms with van der Waals surface area (Å²) in [4.78, 5) is 16.3. The lowest BCUT2D eigenvalue weighted by Gasteiger charge is -2.34. The summed E-state index contributed by atoms with van der Waals surface area (Å²) < 4.78 is 5.64. The van der Waals surface area contributed by atoms with Crippen molar-refractivity contribution in [1.29, 1.82) is 5.41 Å². The molecule has 0 saturated carbocycles. The topological polar surface area (TPSA) is 101 Å². The molecule has 0 radical (unpaired) electrons. The van der Waals surface area contributed by atoms with Gasteiger partial charge in [0.2, 0.25) is 0 Å². The number of benzene rings is 1. The van der Waals surface area contributed by atoms with Crippen molar-refractivity contribution in [3.63, 3.8) is 0 Å². The molecule has 1 aromatic carbocycles. The second kappa shape index (κ2) is 8.36. The Morgan fingerprint density at radius 2 is 2.06 bits per heavy atom. The van der Waals surface area contributed by atoms with Crippen LogP contribution in [-0.4, -0.2) is 47.0 Å². The SMILES string of the molecule is C[C@@H]1COCCN1c1cc(-c2cncc3ccccc23)c2ccnc(/C(N)=C/C=N)c2n1. The molecule has 7 heteroatoms. The second-order valence-electron chi connectivity index (χ2n) is 7.90. The number of fused-ring (bicyclic) bond motifs is 2. The van der Waals surface area contributed by atoms with Gasteiger partial charge in [-0.25, -0.2) is 4.98 Å². The molecule has 1 fully saturated rings. The maximum absolute atomic E-state index is 7.43. The molecule has 4 heterocycles. The number of nitrogens with one attached hydrogen (secondary N) is 1. The summed E-state index contributed by atoms with van der Waals surface area (Å²) in [5.41, 5.74) is 10.0. The van der Waals surface area contributed by atoms with Crippen LogP contribution in [0.3, 0.4) is 0 Å². The highest BCUT2D eigenvalue weighted by molar-refractivity contribution is 6.06. The maximum Gasteiger partial charge on any atom is 0.130 e. The number of rotatable bonds is 4. The van der Waals surface area contributed by atoms with E-state index in [1.807, 2.05) is 30.6 Å². The van der Waals surface area contributed by atoms with Gasteiger partial charge < -0.3 is 20.8 Å². The number of anilines is 1. The summed E-state index contributed by atoms with van der Waals surface area (Å²) in [5, 5.41) is 10.6. The Bertz CT molecular complexity index is 1340. The molecule has 0 unspecified atom stereocenters. The van der Waals surface area contributed by atoms with Gasteiger partial charge in [-0.2, -0.15) is 0 Å². The maximum atomic E-state index is 7.43. The number of nitrogens with two attached hydrogens (primary N) is 1. The predicted molar refractivity (Wildman–Crippen MR) is 129 cm³/mol. The lowest BCUT2D eigenvalue weighted by Crippen LogP contribution is -2.44. The molecule has 32 heavy (non-hydrogen) atoms. The largest absolute Gasteiger partial charge is 0.397 e. The molecule has 3 aromatic heterocycles. The van der Waals surface area contributed by atoms with Crippen LogP contribution in [0.5, 0.6) is 0 Å². The molecule has 0 aliphatic carbocycles. The lowest BCUT2D eigenvalue weighted by molar-refractivity contribution is 0.0986. The number of pyridine rings is 3. The summed E-state index contributed by atoms with van der Waals surface area (Å²) in [6.45, 7) is 4.21. The van der Waals surface area contributed by atoms with Crippen LogP contribution in [0.4, 0.5) is 5.82 Å². The van der Waals surface area contributed by atoms with E-state index in [-0.39, 0.29) is 6.04 Å². The van der Waals surface area contributed by atoms with Crippen molar-refractivity contribution in [3.8, 4) is 11.1 Å². The van der Waals surface area contributed by atoms with Crippen LogP contribution in [0, 0.1) is 5.41 Å². The van der Waals surface area contributed by atoms with E-state index in [2.05, 4.69) is 40.0 Å². The minimum Gasteiger partial charge on any atom is -0.397 e. The molecule has 3 N–H and O–H groups in total. The monoisotopic (exact) mass is 424 g/mol. The van der Waals surface area contributed by atoms with Gasteiger partial charge in [-0.05, 0) is 36.1 Å². The Hall–Kier alpha value is -3.84. The van der Waals surface area contributed by atoms with Crippen LogP contribution in [0.15, 0.2) is 61.1 Å². The minimum atomic E-state index is 0.196. The van der Waals surface area contributed by atoms with Crippen LogP contribution < -0.4 is 10.6 Å². The fraction of sp³-hybridized carbons (Fsp3) is 0.200. The Labute approximate surface area is 186 Å². The van der Waals surface area contributed by atoms with Crippen molar-refractivity contribution in [3.05, 3.63) is 66.8 Å². The number of nitrogens with zero attached hydrogens (tertiary/aromatic N) is 4. The fourth-order valence-corrected chi connectivity index (χ4v) is 4.29. The Kier molecular flexibility index (Phi) is 5.25. The van der Waals surface area contributed by atoms with E-state index < -0.39 is 0 Å². The molecule has 1 aliphatic rings. The quantitative estimate of drug-likeness (QED) is 0.480. The van der Waals surface area contributed by atoms with Crippen molar-refractivity contribution in [1.82, 2.24) is 15.0 Å². The first-order chi connectivity index (χ1) is 15.7. The normalized spacial score (nSPS) is 17.1. The van der Waals surface area contributed by atoms with E-state index in [4.69, 9.17) is 20.9 Å². The fourth-order valence-electron chi connectivity index (χ4n) is 4.29. The molecule has 7 nitrogen and oxygen atoms in total. The highest BCUT2D eigenvalue weighted by atomic mass is 16.5. The van der Waals surface area contributed by atoms with Crippen molar-refractivity contribution in [2.24, 2.45) is 5.73 Å². The molecule has 160 valence electrons. The van der Waals surface area contributed by atoms with Crippen LogP contribution >= 0.6 is 0 Å². The molecule has 4 aromatic rings. The highest BCUT2D eigenvalue weighted by Crippen LogP contribution is 2.37. The molecule has 1 aliphatic heterocycles. The van der Waals surface area contributed by atoms with Crippen LogP contribution in [0.1, 0.15) is 12.6 Å². The average molecular weight is 425 g/mol. The zero-order chi connectivity index (χ0) is 22.1. The third-order valence-corrected chi connectivity index (χ3v) is 5.87. The van der Waals surface area contributed by atoms with Crippen molar-refractivity contribution < 1.29 is 4.74 Å². The van der Waals surface area contributed by atoms with Gasteiger partial charge in [-0.1, -0.05) is 24.3 Å². The second-order valence-corrected chi connectivity index (χ2v) is 7.90. The minimum absolute atomic E-state index is 0.196. The van der Waals surface area contributed by atoms with Gasteiger partial charge >= 0.3 is 0 Å². The lowest BCUT2D eigenvalue weighted by atomic mass is 9.97. The van der Waals surface area contributed by atoms with Gasteiger partial charge in [0.05, 0.1) is 25.0 Å². The van der Waals surface area contributed by atoms with Crippen molar-refractivity contribution in [2.75, 3.05) is 24.7 Å². The van der Waals surface area contributed by atoms with Crippen molar-refractivity contribution >= 4 is 39.4 Å². The van der Waals surface area contributed by atoms with Gasteiger partial charge in [-0.15, -0.1) is 0 Å². The molecular formula is C25H24N6O. The first-order valence-corrected chi connectivity index (χ1v) is 10.6. The van der Waals surface area contributed by atoms with Crippen molar-refractivity contribution in [2.45, 2.75) is 13.0 Å². The number of hydrogen-bond acceptors (Lipinski definition) is 7. The first-order valence-electron chi connectivity index (χ1n) is 10.6. The van der Waals surface area contributed by atoms with Crippen LogP contribution in [0.25, 0.3) is 38.5 Å². The standard InChI is InChI=1S/C25H24N6O/c1-16-15-32-11-10-31(16)23-12-20(21-14-28-13-17-4-2-3-5-18(17)21)19-7-9-29-25(24(19)30-23)22(27)6-8-26/h2-9,12-14,16,26H,10-11,15,27H2,1H3/b22-6-,26-8?/t16-/m1/s1. The van der Waals surface area contributed by atoms with Crippen LogP contribution in [0.2, 0.25) is 0 Å². The third-order valence-electron chi connectivity index (χ3n) is 5.87. The Morgan fingerprint density at radius 3 is 2.91 bits per heavy atom. The molecule has 5 rings (SSSR count). The van der Waals surface area contributed by atoms with Gasteiger partial charge in [-0.3, -0.25) is 9.97 Å². The summed E-state index contributed by atoms with van der Waals surface area (Å²) in [7, 11) is 0. The zero-order valence-electron chi connectivity index (χ0n) is 17.8. The summed E-state index contributed by atoms with van der Waals surface area (Å²) in [5.74, 6) is 0.855. The van der Waals surface area contributed by atoms with E-state index in [0.29, 0.717) is 30.1 Å². The van der Waals surface area contributed by atoms with E-state index in [1.54, 1.807) is 6.20 Å². The van der Waals surface area contributed by atoms with E-state index in [9.17, 15) is 0 Å². The number of ether oxygens (including phenoxy) is 1. The summed E-state index contributed by atoms with van der Waals surface area (Å²) >= 11 is 0. The first kappa shape index (κ1) is 20.1.